The summed E-state index contributed by atoms with van der Waals surface area (Å²) in [4.78, 5) is 9.24. The average Bonchev–Trinajstić information content (AvgIpc) is 1.87. The summed E-state index contributed by atoms with van der Waals surface area (Å²) < 4.78 is 0. The van der Waals surface area contributed by atoms with Crippen LogP contribution in [-0.2, 0) is 0 Å². The van der Waals surface area contributed by atoms with E-state index in [0.717, 1.165) is 13.1 Å². The number of hydrogen-bond acceptors (Lipinski definition) is 3. The Morgan fingerprint density at radius 1 is 1.09 bits per heavy atom. The van der Waals surface area contributed by atoms with Gasteiger partial charge >= 0.3 is 0 Å². The third-order valence-corrected chi connectivity index (χ3v) is 4.35. The molecule has 0 aliphatic rings. The molecular formula is C7H21N3Si. The van der Waals surface area contributed by atoms with Crippen LogP contribution in [0.5, 0.6) is 0 Å². The van der Waals surface area contributed by atoms with E-state index in [1.54, 1.807) is 0 Å². The first-order chi connectivity index (χ1) is 5.20. The molecule has 0 radical (unpaired) electrons. The van der Waals surface area contributed by atoms with Crippen molar-refractivity contribution in [1.29, 1.82) is 0 Å². The normalized spacial score (nSPS) is 11.5. The van der Waals surface area contributed by atoms with E-state index >= 15 is 0 Å². The summed E-state index contributed by atoms with van der Waals surface area (Å²) in [6, 6.07) is 0. The summed E-state index contributed by atoms with van der Waals surface area (Å²) in [6.07, 6.45) is 1.18. The van der Waals surface area contributed by atoms with E-state index in [-0.39, 0.29) is 0 Å². The van der Waals surface area contributed by atoms with Gasteiger partial charge < -0.3 is 14.9 Å². The molecule has 11 heavy (non-hydrogen) atoms. The fourth-order valence-electron chi connectivity index (χ4n) is 1.06. The molecule has 0 rings (SSSR count). The minimum atomic E-state index is -0.866. The van der Waals surface area contributed by atoms with Crippen LogP contribution in [0, 0.1) is 0 Å². The maximum absolute atomic E-state index is 3.50. The summed E-state index contributed by atoms with van der Waals surface area (Å²) in [6.45, 7) is 6.48. The zero-order valence-corrected chi connectivity index (χ0v) is 9.30. The zero-order chi connectivity index (χ0) is 8.69. The van der Waals surface area contributed by atoms with Crippen LogP contribution >= 0.6 is 0 Å². The van der Waals surface area contributed by atoms with Crippen molar-refractivity contribution >= 4 is 9.12 Å². The predicted molar refractivity (Wildman–Crippen MR) is 53.1 cm³/mol. The Morgan fingerprint density at radius 2 is 1.55 bits per heavy atom. The molecule has 0 saturated carbocycles. The lowest BCUT2D eigenvalue weighted by Gasteiger charge is -2.20. The standard InChI is InChI=1S/C7H21N3Si/c1-5-8-11(9-6-2)7-10(3)4/h8-9,11H,5-7H2,1-4H3. The minimum absolute atomic E-state index is 0.866. The molecule has 4 heteroatoms. The van der Waals surface area contributed by atoms with Gasteiger partial charge in [0.2, 0.25) is 0 Å². The van der Waals surface area contributed by atoms with E-state index in [4.69, 9.17) is 0 Å². The van der Waals surface area contributed by atoms with Crippen LogP contribution in [0.15, 0.2) is 0 Å². The van der Waals surface area contributed by atoms with Crippen LogP contribution in [0.4, 0.5) is 0 Å². The Labute approximate surface area is 71.9 Å². The molecule has 0 spiro atoms. The number of nitrogens with zero attached hydrogens (tertiary/aromatic N) is 1. The number of nitrogens with one attached hydrogen (secondary N) is 2. The Hall–Kier alpha value is 0.0969. The van der Waals surface area contributed by atoms with Gasteiger partial charge in [-0.2, -0.15) is 0 Å². The molecule has 2 N–H and O–H groups in total. The Bertz CT molecular complexity index is 81.8. The maximum Gasteiger partial charge on any atom is 0.198 e. The topological polar surface area (TPSA) is 27.3 Å². The van der Waals surface area contributed by atoms with Gasteiger partial charge in [0.1, 0.15) is 0 Å². The van der Waals surface area contributed by atoms with Gasteiger partial charge in [0.15, 0.2) is 9.12 Å². The van der Waals surface area contributed by atoms with Gasteiger partial charge in [-0.15, -0.1) is 0 Å². The molecule has 0 aliphatic heterocycles. The summed E-state index contributed by atoms with van der Waals surface area (Å²) in [7, 11) is 3.37. The second-order valence-corrected chi connectivity index (χ2v) is 5.22. The van der Waals surface area contributed by atoms with Gasteiger partial charge in [-0.1, -0.05) is 13.8 Å². The fraction of sp³-hybridized carbons (Fsp3) is 1.00. The van der Waals surface area contributed by atoms with Crippen molar-refractivity contribution < 1.29 is 0 Å². The second-order valence-electron chi connectivity index (χ2n) is 2.93. The molecule has 0 aromatic heterocycles. The third-order valence-electron chi connectivity index (χ3n) is 1.45. The first-order valence-electron chi connectivity index (χ1n) is 4.32. The number of rotatable bonds is 6. The second kappa shape index (κ2) is 6.79. The van der Waals surface area contributed by atoms with Gasteiger partial charge in [0, 0.05) is 6.17 Å². The van der Waals surface area contributed by atoms with Crippen LogP contribution < -0.4 is 9.96 Å². The first-order valence-corrected chi connectivity index (χ1v) is 6.29. The van der Waals surface area contributed by atoms with Crippen LogP contribution in [0.1, 0.15) is 13.8 Å². The predicted octanol–water partition coefficient (Wildman–Crippen LogP) is -0.473. The van der Waals surface area contributed by atoms with Gasteiger partial charge in [0.05, 0.1) is 0 Å². The molecule has 68 valence electrons. The van der Waals surface area contributed by atoms with E-state index in [1.807, 2.05) is 0 Å². The third kappa shape index (κ3) is 6.49. The monoisotopic (exact) mass is 175 g/mol. The highest BCUT2D eigenvalue weighted by molar-refractivity contribution is 6.53. The van der Waals surface area contributed by atoms with Crippen molar-refractivity contribution in [3.63, 3.8) is 0 Å². The molecule has 0 atom stereocenters. The lowest BCUT2D eigenvalue weighted by Crippen LogP contribution is -2.53. The lowest BCUT2D eigenvalue weighted by molar-refractivity contribution is 0.467. The minimum Gasteiger partial charge on any atom is -0.327 e. The highest BCUT2D eigenvalue weighted by Gasteiger charge is 2.07. The molecule has 0 aliphatic carbocycles. The van der Waals surface area contributed by atoms with Crippen molar-refractivity contribution in [2.45, 2.75) is 13.8 Å². The van der Waals surface area contributed by atoms with Crippen LogP contribution in [0.2, 0.25) is 0 Å². The maximum atomic E-state index is 3.50. The summed E-state index contributed by atoms with van der Waals surface area (Å²) in [5, 5.41) is 0. The van der Waals surface area contributed by atoms with Crippen LogP contribution in [0.25, 0.3) is 0 Å². The first kappa shape index (κ1) is 11.1. The molecule has 0 bridgehead atoms. The van der Waals surface area contributed by atoms with Gasteiger partial charge in [-0.25, -0.2) is 0 Å². The molecule has 0 heterocycles. The average molecular weight is 175 g/mol. The van der Waals surface area contributed by atoms with Crippen LogP contribution in [0.3, 0.4) is 0 Å². The van der Waals surface area contributed by atoms with E-state index in [1.165, 1.54) is 6.17 Å². The Balaban J connectivity index is 3.50. The lowest BCUT2D eigenvalue weighted by atomic mass is 10.8. The summed E-state index contributed by atoms with van der Waals surface area (Å²) >= 11 is 0. The van der Waals surface area contributed by atoms with E-state index in [9.17, 15) is 0 Å². The van der Waals surface area contributed by atoms with Crippen molar-refractivity contribution in [2.24, 2.45) is 0 Å². The molecule has 0 aromatic rings. The highest BCUT2D eigenvalue weighted by Crippen LogP contribution is 1.77. The molecule has 0 saturated heterocycles. The zero-order valence-electron chi connectivity index (χ0n) is 8.15. The van der Waals surface area contributed by atoms with Gasteiger partial charge in [0.25, 0.3) is 0 Å². The van der Waals surface area contributed by atoms with Crippen molar-refractivity contribution in [2.75, 3.05) is 33.4 Å². The fourth-order valence-corrected chi connectivity index (χ4v) is 3.18. The van der Waals surface area contributed by atoms with Crippen molar-refractivity contribution in [3.8, 4) is 0 Å². The molecular weight excluding hydrogens is 154 g/mol. The highest BCUT2D eigenvalue weighted by atomic mass is 28.3. The summed E-state index contributed by atoms with van der Waals surface area (Å²) in [5.41, 5.74) is 0. The largest absolute Gasteiger partial charge is 0.327 e. The van der Waals surface area contributed by atoms with Crippen molar-refractivity contribution in [1.82, 2.24) is 14.9 Å². The smallest absolute Gasteiger partial charge is 0.198 e. The Kier molecular flexibility index (Phi) is 6.85. The molecule has 0 unspecified atom stereocenters. The number of hydrogen-bond donors (Lipinski definition) is 2. The van der Waals surface area contributed by atoms with Gasteiger partial charge in [-0.05, 0) is 27.2 Å². The summed E-state index contributed by atoms with van der Waals surface area (Å²) in [5.74, 6) is 0. The quantitative estimate of drug-likeness (QED) is 0.534. The van der Waals surface area contributed by atoms with Crippen molar-refractivity contribution in [3.05, 3.63) is 0 Å². The van der Waals surface area contributed by atoms with Gasteiger partial charge in [-0.3, -0.25) is 0 Å². The molecule has 0 aromatic carbocycles. The van der Waals surface area contributed by atoms with E-state index in [0.29, 0.717) is 0 Å². The molecule has 0 fully saturated rings. The Morgan fingerprint density at radius 3 is 1.82 bits per heavy atom. The van der Waals surface area contributed by atoms with E-state index in [2.05, 4.69) is 42.8 Å². The van der Waals surface area contributed by atoms with Crippen LogP contribution in [-0.4, -0.2) is 47.4 Å². The SMILES string of the molecule is CCN[SiH](CN(C)C)NCC. The van der Waals surface area contributed by atoms with E-state index < -0.39 is 9.12 Å². The molecule has 3 nitrogen and oxygen atoms in total. The molecule has 0 amide bonds.